The van der Waals surface area contributed by atoms with Gasteiger partial charge in [0.15, 0.2) is 5.52 Å². The molecule has 1 aliphatic rings. The molecular formula is C22H28N4O4. The van der Waals surface area contributed by atoms with Crippen LogP contribution in [0.1, 0.15) is 33.6 Å². The number of hydrogen-bond donors (Lipinski definition) is 1. The van der Waals surface area contributed by atoms with Crippen LogP contribution in [0.15, 0.2) is 39.8 Å². The molecule has 1 aromatic carbocycles. The molecule has 1 saturated heterocycles. The Morgan fingerprint density at radius 1 is 1.20 bits per heavy atom. The monoisotopic (exact) mass is 412 g/mol. The number of ether oxygens (including phenoxy) is 1. The number of carbonyl (C=O) groups excluding carboxylic acids is 1. The Kier molecular flexibility index (Phi) is 5.51. The lowest BCUT2D eigenvalue weighted by molar-refractivity contribution is 0.0478. The van der Waals surface area contributed by atoms with E-state index in [4.69, 9.17) is 9.26 Å². The fourth-order valence-corrected chi connectivity index (χ4v) is 3.99. The lowest BCUT2D eigenvalue weighted by atomic mass is 10.1. The van der Waals surface area contributed by atoms with Gasteiger partial charge in [-0.05, 0) is 39.7 Å². The van der Waals surface area contributed by atoms with Crippen molar-refractivity contribution in [2.45, 2.75) is 51.8 Å². The molecule has 1 N–H and O–H groups in total. The summed E-state index contributed by atoms with van der Waals surface area (Å²) in [6.45, 7) is 8.63. The van der Waals surface area contributed by atoms with E-state index in [-0.39, 0.29) is 17.7 Å². The maximum Gasteiger partial charge on any atom is 0.407 e. The average Bonchev–Trinajstić information content (AvgIpc) is 3.18. The summed E-state index contributed by atoms with van der Waals surface area (Å²) >= 11 is 0. The Balaban J connectivity index is 1.39. The van der Waals surface area contributed by atoms with E-state index in [2.05, 4.69) is 15.4 Å². The fraction of sp³-hybridized carbons (Fsp3) is 0.500. The van der Waals surface area contributed by atoms with Crippen LogP contribution >= 0.6 is 0 Å². The highest BCUT2D eigenvalue weighted by atomic mass is 16.6. The van der Waals surface area contributed by atoms with E-state index in [0.717, 1.165) is 48.8 Å². The van der Waals surface area contributed by atoms with Gasteiger partial charge in [-0.2, -0.15) is 0 Å². The number of amides is 1. The van der Waals surface area contributed by atoms with Crippen molar-refractivity contribution in [3.8, 4) is 0 Å². The molecule has 160 valence electrons. The van der Waals surface area contributed by atoms with Gasteiger partial charge in [-0.3, -0.25) is 4.79 Å². The van der Waals surface area contributed by atoms with E-state index in [1.165, 1.54) is 6.26 Å². The van der Waals surface area contributed by atoms with E-state index >= 15 is 0 Å². The van der Waals surface area contributed by atoms with Crippen LogP contribution in [0.5, 0.6) is 0 Å². The number of carbonyl (C=O) groups is 1. The molecule has 30 heavy (non-hydrogen) atoms. The number of nitrogens with zero attached hydrogens (tertiary/aromatic N) is 3. The summed E-state index contributed by atoms with van der Waals surface area (Å²) in [5.74, 6) is 0. The van der Waals surface area contributed by atoms with Gasteiger partial charge < -0.3 is 24.0 Å². The van der Waals surface area contributed by atoms with E-state index < -0.39 is 5.60 Å². The van der Waals surface area contributed by atoms with Gasteiger partial charge in [-0.1, -0.05) is 23.4 Å². The molecule has 2 aromatic heterocycles. The Labute approximate surface area is 174 Å². The van der Waals surface area contributed by atoms with Crippen LogP contribution in [0.2, 0.25) is 0 Å². The summed E-state index contributed by atoms with van der Waals surface area (Å²) in [5.41, 5.74) is 0.638. The molecule has 0 radical (unpaired) electrons. The first-order valence-electron chi connectivity index (χ1n) is 10.4. The van der Waals surface area contributed by atoms with E-state index in [1.807, 2.05) is 45.0 Å². The molecule has 3 aromatic rings. The zero-order valence-corrected chi connectivity index (χ0v) is 17.7. The second-order valence-electron chi connectivity index (χ2n) is 8.81. The molecule has 1 fully saturated rings. The summed E-state index contributed by atoms with van der Waals surface area (Å²) in [5, 5.41) is 8.59. The van der Waals surface area contributed by atoms with Gasteiger partial charge >= 0.3 is 6.09 Å². The predicted octanol–water partition coefficient (Wildman–Crippen LogP) is 3.13. The topological polar surface area (TPSA) is 89.6 Å². The number of hydrogen-bond acceptors (Lipinski definition) is 6. The highest BCUT2D eigenvalue weighted by molar-refractivity contribution is 6.03. The minimum atomic E-state index is -0.494. The largest absolute Gasteiger partial charge is 0.444 e. The predicted molar refractivity (Wildman–Crippen MR) is 115 cm³/mol. The van der Waals surface area contributed by atoms with E-state index in [0.29, 0.717) is 12.1 Å². The normalized spacial score (nSPS) is 16.2. The zero-order valence-electron chi connectivity index (χ0n) is 17.7. The van der Waals surface area contributed by atoms with Crippen LogP contribution < -0.4 is 10.9 Å². The number of likely N-dealkylation sites (tertiary alicyclic amines) is 1. The maximum atomic E-state index is 12.9. The minimum Gasteiger partial charge on any atom is -0.444 e. The van der Waals surface area contributed by atoms with Crippen molar-refractivity contribution >= 4 is 27.9 Å². The molecule has 4 rings (SSSR count). The quantitative estimate of drug-likeness (QED) is 0.708. The molecule has 0 spiro atoms. The molecular weight excluding hydrogens is 384 g/mol. The van der Waals surface area contributed by atoms with Gasteiger partial charge in [-0.15, -0.1) is 0 Å². The maximum absolute atomic E-state index is 12.9. The highest BCUT2D eigenvalue weighted by Gasteiger charge is 2.24. The number of pyridine rings is 1. The number of nitrogens with one attached hydrogen (secondary N) is 1. The van der Waals surface area contributed by atoms with Gasteiger partial charge in [0.1, 0.15) is 11.9 Å². The average molecular weight is 412 g/mol. The molecule has 1 aliphatic heterocycles. The number of fused-ring (bicyclic) bond motifs is 3. The second kappa shape index (κ2) is 8.10. The second-order valence-corrected chi connectivity index (χ2v) is 8.81. The standard InChI is InChI=1S/C22H28N4O4/c1-22(2,3)30-21(28)23-15-8-10-25(11-9-15)12-13-26-18-7-5-4-6-16(18)17-14-29-24-19(17)20(26)27/h4-7,14-15H,8-13H2,1-3H3,(H,23,28). The summed E-state index contributed by atoms with van der Waals surface area (Å²) < 4.78 is 12.2. The number of para-hydroxylation sites is 1. The molecule has 8 heteroatoms. The van der Waals surface area contributed by atoms with Gasteiger partial charge in [0.2, 0.25) is 0 Å². The molecule has 0 aliphatic carbocycles. The molecule has 1 amide bonds. The van der Waals surface area contributed by atoms with Crippen LogP contribution in [0.4, 0.5) is 4.79 Å². The van der Waals surface area contributed by atoms with Crippen molar-refractivity contribution in [3.63, 3.8) is 0 Å². The number of rotatable bonds is 4. The lowest BCUT2D eigenvalue weighted by Gasteiger charge is -2.33. The summed E-state index contributed by atoms with van der Waals surface area (Å²) in [4.78, 5) is 27.2. The first-order chi connectivity index (χ1) is 14.3. The van der Waals surface area contributed by atoms with Crippen LogP contribution in [-0.4, -0.2) is 52.0 Å². The van der Waals surface area contributed by atoms with Crippen molar-refractivity contribution in [2.24, 2.45) is 0 Å². The Morgan fingerprint density at radius 3 is 2.67 bits per heavy atom. The smallest absolute Gasteiger partial charge is 0.407 e. The third kappa shape index (κ3) is 4.33. The Hall–Kier alpha value is -2.87. The number of alkyl carbamates (subject to hydrolysis) is 1. The van der Waals surface area contributed by atoms with Crippen molar-refractivity contribution in [3.05, 3.63) is 40.9 Å². The Morgan fingerprint density at radius 2 is 1.93 bits per heavy atom. The van der Waals surface area contributed by atoms with Crippen molar-refractivity contribution in [1.29, 1.82) is 0 Å². The lowest BCUT2D eigenvalue weighted by Crippen LogP contribution is -2.46. The molecule has 0 bridgehead atoms. The number of benzene rings is 1. The first kappa shape index (κ1) is 20.4. The van der Waals surface area contributed by atoms with Crippen LogP contribution in [0.3, 0.4) is 0 Å². The van der Waals surface area contributed by atoms with Gasteiger partial charge in [-0.25, -0.2) is 4.79 Å². The minimum absolute atomic E-state index is 0.117. The summed E-state index contributed by atoms with van der Waals surface area (Å²) in [6.07, 6.45) is 2.89. The third-order valence-electron chi connectivity index (χ3n) is 5.45. The zero-order chi connectivity index (χ0) is 21.3. The first-order valence-corrected chi connectivity index (χ1v) is 10.4. The molecule has 0 atom stereocenters. The molecule has 0 saturated carbocycles. The van der Waals surface area contributed by atoms with Gasteiger partial charge in [0, 0.05) is 37.6 Å². The Bertz CT molecular complexity index is 1100. The van der Waals surface area contributed by atoms with Gasteiger partial charge in [0.05, 0.1) is 10.9 Å². The van der Waals surface area contributed by atoms with Crippen LogP contribution in [-0.2, 0) is 11.3 Å². The van der Waals surface area contributed by atoms with Crippen molar-refractivity contribution in [1.82, 2.24) is 19.9 Å². The van der Waals surface area contributed by atoms with Crippen LogP contribution in [0.25, 0.3) is 21.8 Å². The van der Waals surface area contributed by atoms with Crippen LogP contribution in [0, 0.1) is 0 Å². The van der Waals surface area contributed by atoms with Crippen molar-refractivity contribution < 1.29 is 14.1 Å². The summed E-state index contributed by atoms with van der Waals surface area (Å²) in [6, 6.07) is 7.95. The van der Waals surface area contributed by atoms with E-state index in [1.54, 1.807) is 4.57 Å². The molecule has 3 heterocycles. The highest BCUT2D eigenvalue weighted by Crippen LogP contribution is 2.22. The van der Waals surface area contributed by atoms with Crippen molar-refractivity contribution in [2.75, 3.05) is 19.6 Å². The fourth-order valence-electron chi connectivity index (χ4n) is 3.99. The summed E-state index contributed by atoms with van der Waals surface area (Å²) in [7, 11) is 0. The van der Waals surface area contributed by atoms with E-state index in [9.17, 15) is 9.59 Å². The SMILES string of the molecule is CC(C)(C)OC(=O)NC1CCN(CCn2c(=O)c3nocc3c3ccccc32)CC1. The number of piperidine rings is 1. The molecule has 8 nitrogen and oxygen atoms in total. The number of aromatic nitrogens is 2. The van der Waals surface area contributed by atoms with Gasteiger partial charge in [0.25, 0.3) is 5.56 Å². The third-order valence-corrected chi connectivity index (χ3v) is 5.45. The molecule has 0 unspecified atom stereocenters.